The minimum absolute atomic E-state index is 0.632. The molecule has 1 aromatic carbocycles. The van der Waals surface area contributed by atoms with Crippen LogP contribution in [0.4, 0.5) is 0 Å². The van der Waals surface area contributed by atoms with Crippen LogP contribution in [0.1, 0.15) is 17.7 Å². The van der Waals surface area contributed by atoms with Gasteiger partial charge in [0, 0.05) is 11.8 Å². The number of fused-ring (bicyclic) bond motifs is 1. The van der Waals surface area contributed by atoms with Crippen LogP contribution in [0, 0.1) is 3.57 Å². The van der Waals surface area contributed by atoms with Crippen LogP contribution in [0.25, 0.3) is 11.5 Å². The Morgan fingerprint density at radius 1 is 0.957 bits per heavy atom. The molecule has 2 aromatic heterocycles. The number of ether oxygens (including phenoxy) is 1. The van der Waals surface area contributed by atoms with Gasteiger partial charge in [-0.1, -0.05) is 18.2 Å². The van der Waals surface area contributed by atoms with Crippen molar-refractivity contribution in [3.63, 3.8) is 0 Å². The van der Waals surface area contributed by atoms with Gasteiger partial charge in [-0.2, -0.15) is 4.98 Å². The predicted octanol–water partition coefficient (Wildman–Crippen LogP) is 4.42. The Kier molecular flexibility index (Phi) is 3.95. The maximum absolute atomic E-state index is 6.13. The SMILES string of the molecule is Ic1ccccc1Oc1nc(-c2ccccn2)nc2c1CCC2. The smallest absolute Gasteiger partial charge is 0.226 e. The Balaban J connectivity index is 1.80. The lowest BCUT2D eigenvalue weighted by Gasteiger charge is -2.12. The zero-order valence-corrected chi connectivity index (χ0v) is 14.5. The Bertz CT molecular complexity index is 852. The first-order valence-corrected chi connectivity index (χ1v) is 8.63. The molecule has 4 rings (SSSR count). The van der Waals surface area contributed by atoms with Crippen molar-refractivity contribution >= 4 is 22.6 Å². The maximum Gasteiger partial charge on any atom is 0.226 e. The number of nitrogens with zero attached hydrogens (tertiary/aromatic N) is 3. The molecule has 5 heteroatoms. The molecule has 3 aromatic rings. The Labute approximate surface area is 148 Å². The van der Waals surface area contributed by atoms with Crippen molar-refractivity contribution in [2.75, 3.05) is 0 Å². The maximum atomic E-state index is 6.13. The van der Waals surface area contributed by atoms with Crippen molar-refractivity contribution in [3.05, 3.63) is 63.5 Å². The van der Waals surface area contributed by atoms with E-state index in [9.17, 15) is 0 Å². The molecule has 114 valence electrons. The third-order valence-corrected chi connectivity index (χ3v) is 4.72. The highest BCUT2D eigenvalue weighted by Crippen LogP contribution is 2.34. The van der Waals surface area contributed by atoms with Gasteiger partial charge in [0.25, 0.3) is 0 Å². The second-order valence-corrected chi connectivity index (χ2v) is 6.54. The number of pyridine rings is 1. The molecule has 0 radical (unpaired) electrons. The number of benzene rings is 1. The predicted molar refractivity (Wildman–Crippen MR) is 96.5 cm³/mol. The quantitative estimate of drug-likeness (QED) is 0.595. The average Bonchev–Trinajstić information content (AvgIpc) is 3.06. The van der Waals surface area contributed by atoms with Crippen molar-refractivity contribution < 1.29 is 4.74 Å². The van der Waals surface area contributed by atoms with E-state index in [1.807, 2.05) is 42.5 Å². The summed E-state index contributed by atoms with van der Waals surface area (Å²) in [5, 5.41) is 0. The second kappa shape index (κ2) is 6.23. The van der Waals surface area contributed by atoms with E-state index in [1.54, 1.807) is 6.20 Å². The van der Waals surface area contributed by atoms with Crippen LogP contribution in [0.5, 0.6) is 11.6 Å². The first kappa shape index (κ1) is 14.6. The highest BCUT2D eigenvalue weighted by Gasteiger charge is 2.22. The van der Waals surface area contributed by atoms with Gasteiger partial charge in [-0.15, -0.1) is 0 Å². The number of aryl methyl sites for hydroxylation is 1. The summed E-state index contributed by atoms with van der Waals surface area (Å²) in [5.41, 5.74) is 2.99. The first-order chi connectivity index (χ1) is 11.3. The first-order valence-electron chi connectivity index (χ1n) is 7.55. The molecule has 0 N–H and O–H groups in total. The molecule has 0 saturated heterocycles. The van der Waals surface area contributed by atoms with Crippen LogP contribution in [0.15, 0.2) is 48.7 Å². The average molecular weight is 415 g/mol. The third kappa shape index (κ3) is 2.93. The second-order valence-electron chi connectivity index (χ2n) is 5.38. The molecule has 0 spiro atoms. The van der Waals surface area contributed by atoms with Crippen LogP contribution in [0.3, 0.4) is 0 Å². The van der Waals surface area contributed by atoms with E-state index in [1.165, 1.54) is 0 Å². The van der Waals surface area contributed by atoms with Crippen molar-refractivity contribution in [1.29, 1.82) is 0 Å². The Hall–Kier alpha value is -2.02. The summed E-state index contributed by atoms with van der Waals surface area (Å²) in [5.74, 6) is 2.12. The van der Waals surface area contributed by atoms with Gasteiger partial charge in [0.1, 0.15) is 11.4 Å². The lowest BCUT2D eigenvalue weighted by atomic mass is 10.2. The molecule has 0 saturated carbocycles. The third-order valence-electron chi connectivity index (χ3n) is 3.83. The van der Waals surface area contributed by atoms with Crippen LogP contribution in [-0.2, 0) is 12.8 Å². The molecule has 2 heterocycles. The van der Waals surface area contributed by atoms with E-state index in [2.05, 4.69) is 32.6 Å². The van der Waals surface area contributed by atoms with Gasteiger partial charge in [-0.25, -0.2) is 4.98 Å². The van der Waals surface area contributed by atoms with E-state index >= 15 is 0 Å². The molecule has 4 nitrogen and oxygen atoms in total. The minimum atomic E-state index is 0.632. The van der Waals surface area contributed by atoms with Crippen molar-refractivity contribution in [1.82, 2.24) is 15.0 Å². The van der Waals surface area contributed by atoms with E-state index in [0.717, 1.165) is 45.5 Å². The van der Waals surface area contributed by atoms with Crippen LogP contribution < -0.4 is 4.74 Å². The molecule has 1 aliphatic carbocycles. The molecule has 0 fully saturated rings. The molecule has 0 unspecified atom stereocenters. The van der Waals surface area contributed by atoms with Crippen LogP contribution >= 0.6 is 22.6 Å². The summed E-state index contributed by atoms with van der Waals surface area (Å²) >= 11 is 2.27. The molecule has 1 aliphatic rings. The topological polar surface area (TPSA) is 47.9 Å². The summed E-state index contributed by atoms with van der Waals surface area (Å²) < 4.78 is 7.19. The summed E-state index contributed by atoms with van der Waals surface area (Å²) in [6.45, 7) is 0. The van der Waals surface area contributed by atoms with Gasteiger partial charge in [0.2, 0.25) is 5.88 Å². The summed E-state index contributed by atoms with van der Waals surface area (Å²) in [6.07, 6.45) is 4.79. The normalized spacial score (nSPS) is 12.9. The van der Waals surface area contributed by atoms with E-state index < -0.39 is 0 Å². The lowest BCUT2D eigenvalue weighted by Crippen LogP contribution is -2.02. The van der Waals surface area contributed by atoms with Gasteiger partial charge in [0.15, 0.2) is 5.82 Å². The Morgan fingerprint density at radius 3 is 2.65 bits per heavy atom. The zero-order valence-electron chi connectivity index (χ0n) is 12.4. The highest BCUT2D eigenvalue weighted by molar-refractivity contribution is 14.1. The molecule has 0 atom stereocenters. The van der Waals surface area contributed by atoms with Crippen molar-refractivity contribution in [3.8, 4) is 23.1 Å². The standard InChI is InChI=1S/C18H14IN3O/c19-13-7-1-2-10-16(13)23-18-12-6-5-9-14(12)21-17(22-18)15-8-3-4-11-20-15/h1-4,7-8,10-11H,5-6,9H2. The molecule has 0 aliphatic heterocycles. The molecule has 0 bridgehead atoms. The Morgan fingerprint density at radius 2 is 1.83 bits per heavy atom. The number of para-hydroxylation sites is 1. The largest absolute Gasteiger partial charge is 0.437 e. The van der Waals surface area contributed by atoms with Crippen molar-refractivity contribution in [2.45, 2.75) is 19.3 Å². The number of aromatic nitrogens is 3. The molecule has 0 amide bonds. The minimum Gasteiger partial charge on any atom is -0.437 e. The highest BCUT2D eigenvalue weighted by atomic mass is 127. The monoisotopic (exact) mass is 415 g/mol. The van der Waals surface area contributed by atoms with Crippen LogP contribution in [-0.4, -0.2) is 15.0 Å². The number of rotatable bonds is 3. The van der Waals surface area contributed by atoms with Crippen molar-refractivity contribution in [2.24, 2.45) is 0 Å². The van der Waals surface area contributed by atoms with E-state index in [0.29, 0.717) is 11.7 Å². The van der Waals surface area contributed by atoms with E-state index in [4.69, 9.17) is 9.72 Å². The summed E-state index contributed by atoms with van der Waals surface area (Å²) in [6, 6.07) is 13.7. The fourth-order valence-corrected chi connectivity index (χ4v) is 3.22. The lowest BCUT2D eigenvalue weighted by molar-refractivity contribution is 0.453. The fraction of sp³-hybridized carbons (Fsp3) is 0.167. The number of halogens is 1. The van der Waals surface area contributed by atoms with Crippen LogP contribution in [0.2, 0.25) is 0 Å². The molecular weight excluding hydrogens is 401 g/mol. The zero-order chi connectivity index (χ0) is 15.6. The number of hydrogen-bond donors (Lipinski definition) is 0. The van der Waals surface area contributed by atoms with Gasteiger partial charge < -0.3 is 4.74 Å². The van der Waals surface area contributed by atoms with Gasteiger partial charge in [0.05, 0.1) is 9.26 Å². The summed E-state index contributed by atoms with van der Waals surface area (Å²) in [4.78, 5) is 13.7. The molecular formula is C18H14IN3O. The molecule has 23 heavy (non-hydrogen) atoms. The fourth-order valence-electron chi connectivity index (χ4n) is 2.72. The van der Waals surface area contributed by atoms with Gasteiger partial charge >= 0.3 is 0 Å². The van der Waals surface area contributed by atoms with Gasteiger partial charge in [-0.05, 0) is 66.1 Å². The van der Waals surface area contributed by atoms with Gasteiger partial charge in [-0.3, -0.25) is 4.98 Å². The number of hydrogen-bond acceptors (Lipinski definition) is 4. The summed E-state index contributed by atoms with van der Waals surface area (Å²) in [7, 11) is 0. The van der Waals surface area contributed by atoms with E-state index in [-0.39, 0.29) is 0 Å².